The second kappa shape index (κ2) is 8.19. The number of nitrogens with zero attached hydrogens (tertiary/aromatic N) is 3. The van der Waals surface area contributed by atoms with Crippen LogP contribution in [0.25, 0.3) is 0 Å². The van der Waals surface area contributed by atoms with E-state index in [0.29, 0.717) is 19.1 Å². The summed E-state index contributed by atoms with van der Waals surface area (Å²) in [4.78, 5) is 14.5. The second-order valence-corrected chi connectivity index (χ2v) is 6.77. The monoisotopic (exact) mass is 341 g/mol. The van der Waals surface area contributed by atoms with Gasteiger partial charge in [-0.15, -0.1) is 0 Å². The van der Waals surface area contributed by atoms with Crippen LogP contribution in [0.5, 0.6) is 5.75 Å². The maximum absolute atomic E-state index is 12.5. The van der Waals surface area contributed by atoms with Gasteiger partial charge in [-0.1, -0.05) is 18.2 Å². The van der Waals surface area contributed by atoms with E-state index in [1.807, 2.05) is 42.2 Å². The van der Waals surface area contributed by atoms with Crippen LogP contribution in [0.15, 0.2) is 36.4 Å². The van der Waals surface area contributed by atoms with Crippen molar-refractivity contribution in [1.82, 2.24) is 14.7 Å². The summed E-state index contributed by atoms with van der Waals surface area (Å²) in [7, 11) is 0. The molecule has 0 radical (unpaired) electrons. The average Bonchev–Trinajstić information content (AvgIpc) is 2.98. The van der Waals surface area contributed by atoms with Gasteiger partial charge in [-0.2, -0.15) is 5.10 Å². The third-order valence-corrected chi connectivity index (χ3v) is 4.69. The smallest absolute Gasteiger partial charge is 0.222 e. The normalized spacial score (nSPS) is 17.5. The van der Waals surface area contributed by atoms with Gasteiger partial charge in [0.2, 0.25) is 5.91 Å². The van der Waals surface area contributed by atoms with Crippen molar-refractivity contribution >= 4 is 5.91 Å². The highest BCUT2D eigenvalue weighted by Gasteiger charge is 2.25. The van der Waals surface area contributed by atoms with E-state index in [-0.39, 0.29) is 5.91 Å². The Bertz CT molecular complexity index is 696. The van der Waals surface area contributed by atoms with Gasteiger partial charge in [-0.05, 0) is 51.3 Å². The highest BCUT2D eigenvalue weighted by molar-refractivity contribution is 5.76. The number of likely N-dealkylation sites (tertiary alicyclic amines) is 1. The van der Waals surface area contributed by atoms with Crippen LogP contribution < -0.4 is 4.74 Å². The number of ether oxygens (including phenoxy) is 1. The molecule has 2 heterocycles. The third-order valence-electron chi connectivity index (χ3n) is 4.69. The Morgan fingerprint density at radius 2 is 2.08 bits per heavy atom. The van der Waals surface area contributed by atoms with Crippen LogP contribution in [-0.2, 0) is 4.79 Å². The maximum atomic E-state index is 12.5. The minimum atomic E-state index is 0.225. The number of para-hydroxylation sites is 1. The largest absolute Gasteiger partial charge is 0.494 e. The van der Waals surface area contributed by atoms with Gasteiger partial charge in [-0.25, -0.2) is 0 Å². The molecule has 0 saturated carbocycles. The van der Waals surface area contributed by atoms with Gasteiger partial charge in [0.25, 0.3) is 0 Å². The lowest BCUT2D eigenvalue weighted by Gasteiger charge is -2.33. The van der Waals surface area contributed by atoms with Crippen LogP contribution in [0.2, 0.25) is 0 Å². The zero-order chi connectivity index (χ0) is 17.6. The lowest BCUT2D eigenvalue weighted by Crippen LogP contribution is -2.41. The molecule has 2 aromatic rings. The molecule has 1 fully saturated rings. The van der Waals surface area contributed by atoms with Crippen molar-refractivity contribution in [3.05, 3.63) is 47.8 Å². The summed E-state index contributed by atoms with van der Waals surface area (Å²) in [5, 5.41) is 4.60. The van der Waals surface area contributed by atoms with E-state index in [1.165, 1.54) is 5.69 Å². The minimum absolute atomic E-state index is 0.225. The molecule has 134 valence electrons. The van der Waals surface area contributed by atoms with Gasteiger partial charge in [0.1, 0.15) is 5.75 Å². The van der Waals surface area contributed by atoms with Crippen LogP contribution in [0.3, 0.4) is 0 Å². The summed E-state index contributed by atoms with van der Waals surface area (Å²) in [6.07, 6.45) is 3.41. The molecule has 1 atom stereocenters. The number of carbonyl (C=O) groups excluding carboxylic acids is 1. The molecule has 1 aromatic heterocycles. The first-order valence-electron chi connectivity index (χ1n) is 9.12. The molecule has 1 aliphatic rings. The first-order chi connectivity index (χ1) is 12.1. The molecule has 1 saturated heterocycles. The van der Waals surface area contributed by atoms with Gasteiger partial charge < -0.3 is 9.64 Å². The number of amides is 1. The Morgan fingerprint density at radius 3 is 2.80 bits per heavy atom. The fourth-order valence-corrected chi connectivity index (χ4v) is 3.48. The molecule has 0 unspecified atom stereocenters. The van der Waals surface area contributed by atoms with Crippen LogP contribution in [-0.4, -0.2) is 40.3 Å². The number of carbonyl (C=O) groups is 1. The molecule has 0 bridgehead atoms. The fourth-order valence-electron chi connectivity index (χ4n) is 3.48. The van der Waals surface area contributed by atoms with E-state index in [1.54, 1.807) is 0 Å². The standard InChI is InChI=1S/C20H27N3O2/c1-16-14-17(2)23(21-16)18-8-6-12-22(15-18)20(24)11-7-13-25-19-9-4-3-5-10-19/h3-5,9-10,14,18H,6-8,11-13,15H2,1-2H3/t18-/m0/s1. The van der Waals surface area contributed by atoms with Crippen molar-refractivity contribution in [2.45, 2.75) is 45.6 Å². The van der Waals surface area contributed by atoms with Crippen molar-refractivity contribution in [1.29, 1.82) is 0 Å². The van der Waals surface area contributed by atoms with Crippen molar-refractivity contribution < 1.29 is 9.53 Å². The minimum Gasteiger partial charge on any atom is -0.494 e. The lowest BCUT2D eigenvalue weighted by atomic mass is 10.0. The molecule has 3 rings (SSSR count). The Labute approximate surface area is 149 Å². The molecule has 5 nitrogen and oxygen atoms in total. The van der Waals surface area contributed by atoms with Crippen molar-refractivity contribution in [2.24, 2.45) is 0 Å². The number of aryl methyl sites for hydroxylation is 2. The van der Waals surface area contributed by atoms with Crippen LogP contribution >= 0.6 is 0 Å². The third kappa shape index (κ3) is 4.62. The summed E-state index contributed by atoms with van der Waals surface area (Å²) in [5.74, 6) is 1.08. The van der Waals surface area contributed by atoms with E-state index in [2.05, 4.69) is 22.8 Å². The summed E-state index contributed by atoms with van der Waals surface area (Å²) in [6.45, 7) is 6.29. The van der Waals surface area contributed by atoms with Gasteiger partial charge in [-0.3, -0.25) is 9.48 Å². The summed E-state index contributed by atoms with van der Waals surface area (Å²) in [5.41, 5.74) is 2.21. The Balaban J connectivity index is 1.46. The van der Waals surface area contributed by atoms with Gasteiger partial charge in [0.15, 0.2) is 0 Å². The predicted molar refractivity (Wildman–Crippen MR) is 97.7 cm³/mol. The zero-order valence-electron chi connectivity index (χ0n) is 15.1. The Kier molecular flexibility index (Phi) is 5.74. The van der Waals surface area contributed by atoms with Gasteiger partial charge in [0, 0.05) is 25.2 Å². The van der Waals surface area contributed by atoms with Crippen molar-refractivity contribution in [2.75, 3.05) is 19.7 Å². The summed E-state index contributed by atoms with van der Waals surface area (Å²) >= 11 is 0. The average molecular weight is 341 g/mol. The Hall–Kier alpha value is -2.30. The second-order valence-electron chi connectivity index (χ2n) is 6.77. The zero-order valence-corrected chi connectivity index (χ0v) is 15.1. The molecule has 0 aliphatic carbocycles. The van der Waals surface area contributed by atoms with Crippen LogP contribution in [0, 0.1) is 13.8 Å². The quantitative estimate of drug-likeness (QED) is 0.755. The number of rotatable bonds is 6. The number of hydrogen-bond donors (Lipinski definition) is 0. The van der Waals surface area contributed by atoms with Crippen LogP contribution in [0.4, 0.5) is 0 Å². The highest BCUT2D eigenvalue weighted by Crippen LogP contribution is 2.23. The molecule has 1 aromatic carbocycles. The number of hydrogen-bond acceptors (Lipinski definition) is 3. The summed E-state index contributed by atoms with van der Waals surface area (Å²) < 4.78 is 7.76. The predicted octanol–water partition coefficient (Wildman–Crippen LogP) is 3.52. The molecular formula is C20H27N3O2. The first-order valence-corrected chi connectivity index (χ1v) is 9.12. The lowest BCUT2D eigenvalue weighted by molar-refractivity contribution is -0.133. The molecule has 5 heteroatoms. The molecule has 1 amide bonds. The molecule has 25 heavy (non-hydrogen) atoms. The van der Waals surface area contributed by atoms with Crippen molar-refractivity contribution in [3.63, 3.8) is 0 Å². The molecular weight excluding hydrogens is 314 g/mol. The van der Waals surface area contributed by atoms with E-state index >= 15 is 0 Å². The van der Waals surface area contributed by atoms with E-state index in [4.69, 9.17) is 4.74 Å². The van der Waals surface area contributed by atoms with E-state index in [0.717, 1.165) is 43.8 Å². The number of piperidine rings is 1. The van der Waals surface area contributed by atoms with Gasteiger partial charge >= 0.3 is 0 Å². The molecule has 0 N–H and O–H groups in total. The summed E-state index contributed by atoms with van der Waals surface area (Å²) in [6, 6.07) is 12.1. The SMILES string of the molecule is Cc1cc(C)n([C@H]2CCCN(C(=O)CCCOc3ccccc3)C2)n1. The number of benzene rings is 1. The fraction of sp³-hybridized carbons (Fsp3) is 0.500. The Morgan fingerprint density at radius 1 is 1.28 bits per heavy atom. The van der Waals surface area contributed by atoms with E-state index in [9.17, 15) is 4.79 Å². The highest BCUT2D eigenvalue weighted by atomic mass is 16.5. The number of aromatic nitrogens is 2. The molecule has 1 aliphatic heterocycles. The van der Waals surface area contributed by atoms with Crippen LogP contribution in [0.1, 0.15) is 43.1 Å². The molecule has 0 spiro atoms. The topological polar surface area (TPSA) is 47.4 Å². The van der Waals surface area contributed by atoms with Crippen molar-refractivity contribution in [3.8, 4) is 5.75 Å². The maximum Gasteiger partial charge on any atom is 0.222 e. The van der Waals surface area contributed by atoms with Gasteiger partial charge in [0.05, 0.1) is 18.3 Å². The first kappa shape index (κ1) is 17.5. The van der Waals surface area contributed by atoms with E-state index < -0.39 is 0 Å².